The van der Waals surface area contributed by atoms with Crippen LogP contribution < -0.4 is 4.74 Å². The second-order valence-electron chi connectivity index (χ2n) is 5.89. The fraction of sp³-hybridized carbons (Fsp3) is 0.600. The summed E-state index contributed by atoms with van der Waals surface area (Å²) >= 11 is 0. The van der Waals surface area contributed by atoms with Gasteiger partial charge >= 0.3 is 17.9 Å². The standard InChI is InChI=1S/C15H16F3NO6/c1-4-22-11(20)12-24-13(21)6-14(25-12,15(16,17)18)23-10-9(13)7(2)5-8(3)19-10/h5,12,21H,4,6H2,1-3H3/t12-,13-,14-/m0/s1. The summed E-state index contributed by atoms with van der Waals surface area (Å²) in [5.74, 6) is -7.40. The molecule has 1 saturated heterocycles. The Bertz CT molecular complexity index is 724. The molecule has 7 nitrogen and oxygen atoms in total. The molecule has 2 aliphatic rings. The van der Waals surface area contributed by atoms with E-state index in [2.05, 4.69) is 9.72 Å². The zero-order chi connectivity index (χ0) is 18.6. The number of carbonyl (C=O) groups is 1. The lowest BCUT2D eigenvalue weighted by Crippen LogP contribution is -2.66. The lowest BCUT2D eigenvalue weighted by Gasteiger charge is -2.50. The Kier molecular flexibility index (Phi) is 3.97. The van der Waals surface area contributed by atoms with Crippen LogP contribution in [-0.2, 0) is 24.8 Å². The van der Waals surface area contributed by atoms with E-state index < -0.39 is 42.3 Å². The second-order valence-corrected chi connectivity index (χ2v) is 5.89. The molecular formula is C15H16F3NO6. The predicted octanol–water partition coefficient (Wildman–Crippen LogP) is 1.82. The van der Waals surface area contributed by atoms with Crippen molar-refractivity contribution in [2.75, 3.05) is 6.61 Å². The fourth-order valence-electron chi connectivity index (χ4n) is 3.02. The molecule has 10 heteroatoms. The third-order valence-corrected chi connectivity index (χ3v) is 3.95. The van der Waals surface area contributed by atoms with Gasteiger partial charge in [-0.2, -0.15) is 13.2 Å². The molecule has 0 unspecified atom stereocenters. The lowest BCUT2D eigenvalue weighted by atomic mass is 9.90. The van der Waals surface area contributed by atoms with E-state index in [0.29, 0.717) is 11.3 Å². The summed E-state index contributed by atoms with van der Waals surface area (Å²) in [6.07, 6.45) is -8.26. The van der Waals surface area contributed by atoms with Crippen LogP contribution in [0, 0.1) is 13.8 Å². The number of ether oxygens (including phenoxy) is 4. The Balaban J connectivity index is 2.16. The third kappa shape index (κ3) is 2.74. The first-order chi connectivity index (χ1) is 11.5. The highest BCUT2D eigenvalue weighted by molar-refractivity contribution is 5.73. The van der Waals surface area contributed by atoms with Crippen molar-refractivity contribution in [3.05, 3.63) is 22.9 Å². The van der Waals surface area contributed by atoms with Crippen LogP contribution in [0.25, 0.3) is 0 Å². The Hall–Kier alpha value is -1.91. The average molecular weight is 363 g/mol. The highest BCUT2D eigenvalue weighted by atomic mass is 19.4. The van der Waals surface area contributed by atoms with E-state index in [1.807, 2.05) is 0 Å². The minimum Gasteiger partial charge on any atom is -0.462 e. The van der Waals surface area contributed by atoms with Crippen molar-refractivity contribution in [2.45, 2.75) is 51.2 Å². The molecule has 3 rings (SSSR count). The van der Waals surface area contributed by atoms with E-state index >= 15 is 0 Å². The summed E-state index contributed by atoms with van der Waals surface area (Å²) in [6.45, 7) is 4.50. The summed E-state index contributed by atoms with van der Waals surface area (Å²) in [4.78, 5) is 15.8. The van der Waals surface area contributed by atoms with Crippen molar-refractivity contribution in [1.82, 2.24) is 4.98 Å². The van der Waals surface area contributed by atoms with Crippen LogP contribution in [0.3, 0.4) is 0 Å². The smallest absolute Gasteiger partial charge is 0.455 e. The van der Waals surface area contributed by atoms with E-state index in [1.165, 1.54) is 6.92 Å². The molecule has 1 aromatic rings. The predicted molar refractivity (Wildman–Crippen MR) is 74.2 cm³/mol. The molecule has 2 aliphatic heterocycles. The van der Waals surface area contributed by atoms with E-state index in [4.69, 9.17) is 14.2 Å². The van der Waals surface area contributed by atoms with E-state index in [1.54, 1.807) is 19.9 Å². The molecule has 0 aliphatic carbocycles. The molecule has 0 saturated carbocycles. The van der Waals surface area contributed by atoms with E-state index in [0.717, 1.165) is 0 Å². The molecule has 138 valence electrons. The second kappa shape index (κ2) is 5.55. The number of aliphatic hydroxyl groups is 1. The number of halogens is 3. The molecule has 0 aromatic carbocycles. The first-order valence-corrected chi connectivity index (χ1v) is 7.50. The molecule has 2 bridgehead atoms. The summed E-state index contributed by atoms with van der Waals surface area (Å²) in [7, 11) is 0. The quantitative estimate of drug-likeness (QED) is 0.802. The summed E-state index contributed by atoms with van der Waals surface area (Å²) < 4.78 is 60.7. The van der Waals surface area contributed by atoms with Crippen molar-refractivity contribution in [3.63, 3.8) is 0 Å². The van der Waals surface area contributed by atoms with Gasteiger partial charge in [0.15, 0.2) is 0 Å². The molecule has 0 spiro atoms. The zero-order valence-electron chi connectivity index (χ0n) is 13.6. The van der Waals surface area contributed by atoms with Crippen molar-refractivity contribution >= 4 is 5.97 Å². The van der Waals surface area contributed by atoms with Crippen molar-refractivity contribution in [1.29, 1.82) is 0 Å². The van der Waals surface area contributed by atoms with Gasteiger partial charge in [-0.3, -0.25) is 4.74 Å². The van der Waals surface area contributed by atoms with Gasteiger partial charge in [0.2, 0.25) is 11.7 Å². The number of fused-ring (bicyclic) bond motifs is 4. The van der Waals surface area contributed by atoms with Crippen molar-refractivity contribution < 1.29 is 42.0 Å². The number of alkyl halides is 3. The van der Waals surface area contributed by atoms with E-state index in [9.17, 15) is 23.1 Å². The maximum atomic E-state index is 13.7. The Morgan fingerprint density at radius 3 is 2.72 bits per heavy atom. The number of hydrogen-bond acceptors (Lipinski definition) is 7. The van der Waals surface area contributed by atoms with Crippen LogP contribution in [0.2, 0.25) is 0 Å². The van der Waals surface area contributed by atoms with Crippen LogP contribution in [0.4, 0.5) is 13.2 Å². The highest BCUT2D eigenvalue weighted by Gasteiger charge is 2.71. The number of pyridine rings is 1. The Morgan fingerprint density at radius 2 is 2.12 bits per heavy atom. The molecule has 3 heterocycles. The number of nitrogens with zero attached hydrogens (tertiary/aromatic N) is 1. The summed E-state index contributed by atoms with van der Waals surface area (Å²) in [5.41, 5.74) is 0.722. The Labute approximate surface area is 140 Å². The van der Waals surface area contributed by atoms with Crippen LogP contribution in [-0.4, -0.2) is 40.9 Å². The lowest BCUT2D eigenvalue weighted by molar-refractivity contribution is -0.474. The number of aromatic nitrogens is 1. The van der Waals surface area contributed by atoms with Crippen LogP contribution in [0.5, 0.6) is 5.88 Å². The monoisotopic (exact) mass is 363 g/mol. The number of rotatable bonds is 2. The van der Waals surface area contributed by atoms with Gasteiger partial charge in [-0.15, -0.1) is 0 Å². The molecule has 0 radical (unpaired) electrons. The number of esters is 1. The SMILES string of the molecule is CCOC(=O)[C@@H]1O[C@]2(C(F)(F)F)C[C@](O)(O1)c1c(C)cc(C)nc1O2. The average Bonchev–Trinajstić information content (AvgIpc) is 2.43. The van der Waals surface area contributed by atoms with Crippen LogP contribution >= 0.6 is 0 Å². The summed E-state index contributed by atoms with van der Waals surface area (Å²) in [6, 6.07) is 1.55. The van der Waals surface area contributed by atoms with Gasteiger partial charge in [0, 0.05) is 5.69 Å². The van der Waals surface area contributed by atoms with Gasteiger partial charge < -0.3 is 19.3 Å². The number of carbonyl (C=O) groups excluding carboxylic acids is 1. The molecule has 1 N–H and O–H groups in total. The van der Waals surface area contributed by atoms with Gasteiger partial charge in [-0.1, -0.05) is 0 Å². The summed E-state index contributed by atoms with van der Waals surface area (Å²) in [5, 5.41) is 10.8. The molecule has 0 amide bonds. The van der Waals surface area contributed by atoms with Gasteiger partial charge in [0.1, 0.15) is 0 Å². The van der Waals surface area contributed by atoms with Gasteiger partial charge in [-0.05, 0) is 32.4 Å². The number of aryl methyl sites for hydroxylation is 2. The van der Waals surface area contributed by atoms with Crippen LogP contribution in [0.1, 0.15) is 30.2 Å². The largest absolute Gasteiger partial charge is 0.462 e. The number of hydrogen-bond donors (Lipinski definition) is 1. The fourth-order valence-corrected chi connectivity index (χ4v) is 3.02. The van der Waals surface area contributed by atoms with Crippen molar-refractivity contribution in [2.24, 2.45) is 0 Å². The molecule has 3 atom stereocenters. The van der Waals surface area contributed by atoms with Gasteiger partial charge in [0.25, 0.3) is 6.29 Å². The molecule has 1 fully saturated rings. The highest BCUT2D eigenvalue weighted by Crippen LogP contribution is 2.54. The molecule has 1 aromatic heterocycles. The maximum absolute atomic E-state index is 13.7. The first-order valence-electron chi connectivity index (χ1n) is 7.50. The third-order valence-electron chi connectivity index (χ3n) is 3.95. The molecular weight excluding hydrogens is 347 g/mol. The minimum atomic E-state index is -5.06. The first kappa shape index (κ1) is 17.9. The van der Waals surface area contributed by atoms with E-state index in [-0.39, 0.29) is 12.2 Å². The van der Waals surface area contributed by atoms with Gasteiger partial charge in [0.05, 0.1) is 18.6 Å². The zero-order valence-corrected chi connectivity index (χ0v) is 13.6. The topological polar surface area (TPSA) is 87.1 Å². The van der Waals surface area contributed by atoms with Crippen LogP contribution in [0.15, 0.2) is 6.07 Å². The van der Waals surface area contributed by atoms with Crippen molar-refractivity contribution in [3.8, 4) is 5.88 Å². The minimum absolute atomic E-state index is 0.0735. The maximum Gasteiger partial charge on any atom is 0.455 e. The van der Waals surface area contributed by atoms with Gasteiger partial charge in [-0.25, -0.2) is 9.78 Å². The normalized spacial score (nSPS) is 31.1. The molecule has 25 heavy (non-hydrogen) atoms. The Morgan fingerprint density at radius 1 is 1.44 bits per heavy atom.